The van der Waals surface area contributed by atoms with Gasteiger partial charge in [0, 0.05) is 6.42 Å². The molecular weight excluding hydrogens is 152 g/mol. The van der Waals surface area contributed by atoms with Crippen LogP contribution in [0, 0.1) is 11.5 Å². The van der Waals surface area contributed by atoms with Gasteiger partial charge in [0.2, 0.25) is 0 Å². The van der Waals surface area contributed by atoms with Gasteiger partial charge in [-0.15, -0.1) is 11.5 Å². The van der Waals surface area contributed by atoms with Crippen molar-refractivity contribution in [1.29, 1.82) is 0 Å². The van der Waals surface area contributed by atoms with E-state index in [0.29, 0.717) is 6.42 Å². The number of aliphatic hydroxyl groups is 1. The predicted molar refractivity (Wildman–Crippen MR) is 52.0 cm³/mol. The third-order valence-corrected chi connectivity index (χ3v) is 2.20. The predicted octanol–water partition coefficient (Wildman–Crippen LogP) is 2.03. The molecule has 1 N–H and O–H groups in total. The summed E-state index contributed by atoms with van der Waals surface area (Å²) in [6, 6.07) is 0. The minimum atomic E-state index is -1.21. The Bertz CT molecular complexity index is 159. The largest absolute Gasteiger partial charge is 0.392 e. The van der Waals surface area contributed by atoms with Gasteiger partial charge in [0.1, 0.15) is 8.07 Å². The molecule has 0 saturated heterocycles. The van der Waals surface area contributed by atoms with Crippen LogP contribution in [0.25, 0.3) is 0 Å². The van der Waals surface area contributed by atoms with Crippen LogP contribution in [0.1, 0.15) is 19.8 Å². The van der Waals surface area contributed by atoms with Crippen LogP contribution in [0.15, 0.2) is 0 Å². The first kappa shape index (κ1) is 10.7. The van der Waals surface area contributed by atoms with E-state index in [2.05, 4.69) is 31.1 Å². The zero-order valence-corrected chi connectivity index (χ0v) is 8.94. The highest BCUT2D eigenvalue weighted by atomic mass is 28.3. The van der Waals surface area contributed by atoms with Gasteiger partial charge in [0.05, 0.1) is 6.10 Å². The van der Waals surface area contributed by atoms with Crippen LogP contribution in [0.5, 0.6) is 0 Å². The van der Waals surface area contributed by atoms with E-state index in [0.717, 1.165) is 6.42 Å². The highest BCUT2D eigenvalue weighted by molar-refractivity contribution is 6.83. The van der Waals surface area contributed by atoms with Gasteiger partial charge in [0.15, 0.2) is 0 Å². The van der Waals surface area contributed by atoms with Crippen molar-refractivity contribution in [3.8, 4) is 11.5 Å². The Kier molecular flexibility index (Phi) is 4.47. The molecule has 0 amide bonds. The first-order valence-electron chi connectivity index (χ1n) is 4.14. The minimum Gasteiger partial charge on any atom is -0.392 e. The van der Waals surface area contributed by atoms with Gasteiger partial charge in [-0.25, -0.2) is 0 Å². The lowest BCUT2D eigenvalue weighted by Crippen LogP contribution is -2.16. The molecule has 0 radical (unpaired) electrons. The van der Waals surface area contributed by atoms with Crippen LogP contribution in [0.4, 0.5) is 0 Å². The molecule has 0 saturated carbocycles. The Morgan fingerprint density at radius 1 is 1.36 bits per heavy atom. The first-order chi connectivity index (χ1) is 4.95. The van der Waals surface area contributed by atoms with Crippen LogP contribution in [-0.2, 0) is 0 Å². The van der Waals surface area contributed by atoms with Crippen molar-refractivity contribution in [3.05, 3.63) is 0 Å². The number of hydrogen-bond acceptors (Lipinski definition) is 1. The molecule has 0 aliphatic heterocycles. The number of aliphatic hydroxyl groups excluding tert-OH is 1. The summed E-state index contributed by atoms with van der Waals surface area (Å²) in [4.78, 5) is 0. The summed E-state index contributed by atoms with van der Waals surface area (Å²) in [5.41, 5.74) is 3.22. The Hall–Kier alpha value is -0.263. The molecule has 0 aromatic carbocycles. The fraction of sp³-hybridized carbons (Fsp3) is 0.778. The average Bonchev–Trinajstić information content (AvgIpc) is 1.85. The van der Waals surface area contributed by atoms with Crippen molar-refractivity contribution in [2.24, 2.45) is 0 Å². The summed E-state index contributed by atoms with van der Waals surface area (Å²) in [7, 11) is -1.21. The van der Waals surface area contributed by atoms with E-state index in [-0.39, 0.29) is 6.10 Å². The molecule has 0 aliphatic carbocycles. The van der Waals surface area contributed by atoms with Crippen molar-refractivity contribution in [2.45, 2.75) is 45.5 Å². The first-order valence-corrected chi connectivity index (χ1v) is 7.64. The summed E-state index contributed by atoms with van der Waals surface area (Å²) in [5.74, 6) is 3.04. The normalized spacial score (nSPS) is 13.5. The van der Waals surface area contributed by atoms with Gasteiger partial charge < -0.3 is 5.11 Å². The van der Waals surface area contributed by atoms with Gasteiger partial charge in [0.25, 0.3) is 0 Å². The fourth-order valence-corrected chi connectivity index (χ4v) is 1.21. The molecule has 1 nitrogen and oxygen atoms in total. The Morgan fingerprint density at radius 2 is 1.91 bits per heavy atom. The maximum atomic E-state index is 9.17. The summed E-state index contributed by atoms with van der Waals surface area (Å²) >= 11 is 0. The van der Waals surface area contributed by atoms with E-state index in [1.807, 2.05) is 6.92 Å². The second-order valence-corrected chi connectivity index (χ2v) is 8.57. The summed E-state index contributed by atoms with van der Waals surface area (Å²) < 4.78 is 0. The molecule has 64 valence electrons. The van der Waals surface area contributed by atoms with Gasteiger partial charge >= 0.3 is 0 Å². The van der Waals surface area contributed by atoms with Crippen LogP contribution >= 0.6 is 0 Å². The van der Waals surface area contributed by atoms with E-state index in [4.69, 9.17) is 5.11 Å². The van der Waals surface area contributed by atoms with Gasteiger partial charge in [-0.2, -0.15) is 0 Å². The fourth-order valence-electron chi connectivity index (χ4n) is 0.578. The number of hydrogen-bond donors (Lipinski definition) is 1. The molecule has 1 unspecified atom stereocenters. The maximum absolute atomic E-state index is 9.17. The Labute approximate surface area is 70.8 Å². The lowest BCUT2D eigenvalue weighted by atomic mass is 10.2. The lowest BCUT2D eigenvalue weighted by molar-refractivity contribution is 0.176. The maximum Gasteiger partial charge on any atom is 0.129 e. The van der Waals surface area contributed by atoms with Crippen molar-refractivity contribution < 1.29 is 5.11 Å². The molecule has 0 aromatic rings. The standard InChI is InChI=1S/C9H18OSi/c1-5-9(10)7-6-8-11(2,3)4/h9-10H,5,7H2,1-4H3. The molecular formula is C9H18OSi. The molecule has 1 atom stereocenters. The molecule has 0 bridgehead atoms. The summed E-state index contributed by atoms with van der Waals surface area (Å²) in [5, 5.41) is 9.17. The topological polar surface area (TPSA) is 20.2 Å². The second kappa shape index (κ2) is 4.58. The van der Waals surface area contributed by atoms with Gasteiger partial charge in [-0.1, -0.05) is 26.6 Å². The molecule has 0 aliphatic rings. The highest BCUT2D eigenvalue weighted by Gasteiger charge is 2.07. The van der Waals surface area contributed by atoms with Crippen LogP contribution in [-0.4, -0.2) is 19.3 Å². The smallest absolute Gasteiger partial charge is 0.129 e. The second-order valence-electron chi connectivity index (χ2n) is 3.82. The van der Waals surface area contributed by atoms with E-state index < -0.39 is 8.07 Å². The van der Waals surface area contributed by atoms with Crippen molar-refractivity contribution >= 4 is 8.07 Å². The quantitative estimate of drug-likeness (QED) is 0.496. The Morgan fingerprint density at radius 3 is 2.27 bits per heavy atom. The third-order valence-electron chi connectivity index (χ3n) is 1.27. The van der Waals surface area contributed by atoms with Gasteiger partial charge in [-0.05, 0) is 6.42 Å². The summed E-state index contributed by atoms with van der Waals surface area (Å²) in [6.45, 7) is 8.59. The van der Waals surface area contributed by atoms with Crippen molar-refractivity contribution in [2.75, 3.05) is 0 Å². The molecule has 0 fully saturated rings. The molecule has 0 heterocycles. The average molecular weight is 170 g/mol. The van der Waals surface area contributed by atoms with Crippen LogP contribution in [0.3, 0.4) is 0 Å². The SMILES string of the molecule is CCC(O)CC#C[Si](C)(C)C. The molecule has 0 rings (SSSR count). The van der Waals surface area contributed by atoms with Crippen LogP contribution in [0.2, 0.25) is 19.6 Å². The highest BCUT2D eigenvalue weighted by Crippen LogP contribution is 1.99. The molecule has 11 heavy (non-hydrogen) atoms. The van der Waals surface area contributed by atoms with Crippen molar-refractivity contribution in [1.82, 2.24) is 0 Å². The monoisotopic (exact) mass is 170 g/mol. The zero-order chi connectivity index (χ0) is 8.91. The zero-order valence-electron chi connectivity index (χ0n) is 7.94. The lowest BCUT2D eigenvalue weighted by Gasteiger charge is -2.04. The van der Waals surface area contributed by atoms with E-state index in [1.165, 1.54) is 0 Å². The molecule has 0 aromatic heterocycles. The van der Waals surface area contributed by atoms with Gasteiger partial charge in [-0.3, -0.25) is 0 Å². The Balaban J connectivity index is 3.73. The third kappa shape index (κ3) is 7.64. The number of rotatable bonds is 2. The molecule has 2 heteroatoms. The van der Waals surface area contributed by atoms with E-state index in [1.54, 1.807) is 0 Å². The minimum absolute atomic E-state index is 0.223. The molecule has 0 spiro atoms. The van der Waals surface area contributed by atoms with Crippen LogP contribution < -0.4 is 0 Å². The van der Waals surface area contributed by atoms with E-state index >= 15 is 0 Å². The van der Waals surface area contributed by atoms with E-state index in [9.17, 15) is 0 Å². The van der Waals surface area contributed by atoms with Crippen molar-refractivity contribution in [3.63, 3.8) is 0 Å². The summed E-state index contributed by atoms with van der Waals surface area (Å²) in [6.07, 6.45) is 1.22.